The van der Waals surface area contributed by atoms with Crippen LogP contribution in [0.15, 0.2) is 23.8 Å². The number of thiophene rings is 1. The highest BCUT2D eigenvalue weighted by atomic mass is 32.1. The van der Waals surface area contributed by atoms with Gasteiger partial charge in [0, 0.05) is 56.4 Å². The van der Waals surface area contributed by atoms with Crippen molar-refractivity contribution in [2.24, 2.45) is 7.05 Å². The summed E-state index contributed by atoms with van der Waals surface area (Å²) in [6.07, 6.45) is 4.84. The quantitative estimate of drug-likeness (QED) is 0.901. The molecule has 6 nitrogen and oxygen atoms in total. The van der Waals surface area contributed by atoms with Crippen molar-refractivity contribution in [3.05, 3.63) is 39.8 Å². The summed E-state index contributed by atoms with van der Waals surface area (Å²) in [6, 6.07) is 2.51. The first-order chi connectivity index (χ1) is 11.5. The highest BCUT2D eigenvalue weighted by molar-refractivity contribution is 7.10. The summed E-state index contributed by atoms with van der Waals surface area (Å²) in [6.45, 7) is 5.46. The van der Waals surface area contributed by atoms with Crippen LogP contribution in [0.4, 0.5) is 4.79 Å². The molecule has 2 amide bonds. The lowest BCUT2D eigenvalue weighted by Gasteiger charge is -2.32. The maximum absolute atomic E-state index is 12.3. The van der Waals surface area contributed by atoms with Crippen LogP contribution >= 0.6 is 11.3 Å². The number of nitrogens with one attached hydrogen (secondary N) is 1. The molecule has 1 aliphatic heterocycles. The summed E-state index contributed by atoms with van der Waals surface area (Å²) in [4.78, 5) is 17.9. The third-order valence-electron chi connectivity index (χ3n) is 4.53. The molecule has 0 radical (unpaired) electrons. The Morgan fingerprint density at radius 2 is 2.38 bits per heavy atom. The van der Waals surface area contributed by atoms with E-state index in [0.717, 1.165) is 25.1 Å². The fourth-order valence-electron chi connectivity index (χ4n) is 3.04. The van der Waals surface area contributed by atoms with Crippen LogP contribution < -0.4 is 5.32 Å². The predicted molar refractivity (Wildman–Crippen MR) is 96.0 cm³/mol. The molecule has 1 atom stereocenters. The summed E-state index contributed by atoms with van der Waals surface area (Å²) in [5, 5.41) is 9.35. The number of aromatic nitrogens is 2. The summed E-state index contributed by atoms with van der Waals surface area (Å²) >= 11 is 1.85. The molecule has 24 heavy (non-hydrogen) atoms. The van der Waals surface area contributed by atoms with Gasteiger partial charge in [-0.2, -0.15) is 5.10 Å². The van der Waals surface area contributed by atoms with Gasteiger partial charge in [-0.15, -0.1) is 11.3 Å². The van der Waals surface area contributed by atoms with Crippen LogP contribution in [0.2, 0.25) is 0 Å². The Hall–Kier alpha value is -1.86. The van der Waals surface area contributed by atoms with E-state index in [1.165, 1.54) is 10.4 Å². The zero-order chi connectivity index (χ0) is 17.1. The van der Waals surface area contributed by atoms with Crippen molar-refractivity contribution in [2.75, 3.05) is 20.1 Å². The first-order valence-electron chi connectivity index (χ1n) is 8.28. The molecule has 0 saturated carbocycles. The number of hydrogen-bond donors (Lipinski definition) is 1. The van der Waals surface area contributed by atoms with Crippen molar-refractivity contribution in [1.29, 1.82) is 0 Å². The number of amides is 2. The Kier molecular flexibility index (Phi) is 5.20. The molecule has 130 valence electrons. The van der Waals surface area contributed by atoms with E-state index in [0.29, 0.717) is 19.1 Å². The fourth-order valence-corrected chi connectivity index (χ4v) is 3.93. The van der Waals surface area contributed by atoms with E-state index in [1.54, 1.807) is 15.8 Å². The maximum Gasteiger partial charge on any atom is 0.317 e. The largest absolute Gasteiger partial charge is 0.336 e. The molecule has 1 aliphatic rings. The average Bonchev–Trinajstić information content (AvgIpc) is 3.20. The molecular weight excluding hydrogens is 322 g/mol. The Balaban J connectivity index is 1.45. The van der Waals surface area contributed by atoms with Gasteiger partial charge in [0.25, 0.3) is 0 Å². The summed E-state index contributed by atoms with van der Waals surface area (Å²) in [7, 11) is 3.69. The molecule has 1 N–H and O–H groups in total. The van der Waals surface area contributed by atoms with Gasteiger partial charge in [-0.3, -0.25) is 9.58 Å². The molecule has 0 fully saturated rings. The molecule has 3 rings (SSSR count). The molecule has 2 aromatic rings. The van der Waals surface area contributed by atoms with Gasteiger partial charge < -0.3 is 10.2 Å². The van der Waals surface area contributed by atoms with Gasteiger partial charge in [0.05, 0.1) is 12.7 Å². The van der Waals surface area contributed by atoms with E-state index < -0.39 is 0 Å². The second-order valence-corrected chi connectivity index (χ2v) is 7.50. The van der Waals surface area contributed by atoms with Crippen LogP contribution in [0.25, 0.3) is 0 Å². The summed E-state index contributed by atoms with van der Waals surface area (Å²) in [5.41, 5.74) is 2.47. The summed E-state index contributed by atoms with van der Waals surface area (Å²) in [5.74, 6) is 0. The monoisotopic (exact) mass is 347 g/mol. The number of fused-ring (bicyclic) bond motifs is 1. The fraction of sp³-hybridized carbons (Fsp3) is 0.529. The van der Waals surface area contributed by atoms with Gasteiger partial charge in [-0.05, 0) is 30.4 Å². The third-order valence-corrected chi connectivity index (χ3v) is 5.56. The Labute approximate surface area is 147 Å². The minimum absolute atomic E-state index is 0.0427. The molecule has 7 heteroatoms. The van der Waals surface area contributed by atoms with E-state index in [1.807, 2.05) is 31.6 Å². The Morgan fingerprint density at radius 1 is 1.54 bits per heavy atom. The van der Waals surface area contributed by atoms with Crippen LogP contribution in [0.1, 0.15) is 22.9 Å². The lowest BCUT2D eigenvalue weighted by molar-refractivity contribution is 0.177. The molecule has 2 aromatic heterocycles. The van der Waals surface area contributed by atoms with Gasteiger partial charge in [0.2, 0.25) is 0 Å². The van der Waals surface area contributed by atoms with Crippen molar-refractivity contribution < 1.29 is 4.79 Å². The van der Waals surface area contributed by atoms with Gasteiger partial charge in [0.1, 0.15) is 0 Å². The van der Waals surface area contributed by atoms with E-state index >= 15 is 0 Å². The maximum atomic E-state index is 12.3. The molecule has 0 aliphatic carbocycles. The van der Waals surface area contributed by atoms with E-state index in [9.17, 15) is 4.79 Å². The van der Waals surface area contributed by atoms with Gasteiger partial charge in [-0.1, -0.05) is 0 Å². The number of aryl methyl sites for hydroxylation is 1. The van der Waals surface area contributed by atoms with E-state index in [4.69, 9.17) is 0 Å². The lowest BCUT2D eigenvalue weighted by atomic mass is 10.1. The third kappa shape index (κ3) is 3.96. The molecule has 0 aromatic carbocycles. The second kappa shape index (κ2) is 7.36. The minimum Gasteiger partial charge on any atom is -0.336 e. The number of nitrogens with zero attached hydrogens (tertiary/aromatic N) is 4. The topological polar surface area (TPSA) is 53.4 Å². The van der Waals surface area contributed by atoms with Gasteiger partial charge >= 0.3 is 6.03 Å². The first-order valence-corrected chi connectivity index (χ1v) is 9.16. The summed E-state index contributed by atoms with van der Waals surface area (Å²) < 4.78 is 1.75. The van der Waals surface area contributed by atoms with Crippen molar-refractivity contribution in [3.63, 3.8) is 0 Å². The predicted octanol–water partition coefficient (Wildman–Crippen LogP) is 2.07. The Bertz CT molecular complexity index is 695. The lowest BCUT2D eigenvalue weighted by Crippen LogP contribution is -2.46. The molecule has 0 spiro atoms. The van der Waals surface area contributed by atoms with Crippen LogP contribution in [0, 0.1) is 0 Å². The van der Waals surface area contributed by atoms with Gasteiger partial charge in [-0.25, -0.2) is 4.79 Å². The number of hydrogen-bond acceptors (Lipinski definition) is 4. The normalized spacial score (nSPS) is 15.8. The molecular formula is C17H25N5OS. The van der Waals surface area contributed by atoms with Crippen LogP contribution in [0.3, 0.4) is 0 Å². The zero-order valence-electron chi connectivity index (χ0n) is 14.5. The smallest absolute Gasteiger partial charge is 0.317 e. The highest BCUT2D eigenvalue weighted by Gasteiger charge is 2.22. The molecule has 0 unspecified atom stereocenters. The van der Waals surface area contributed by atoms with Crippen molar-refractivity contribution in [3.8, 4) is 0 Å². The average molecular weight is 347 g/mol. The van der Waals surface area contributed by atoms with Crippen molar-refractivity contribution in [2.45, 2.75) is 32.5 Å². The Morgan fingerprint density at radius 3 is 3.12 bits per heavy atom. The minimum atomic E-state index is -0.0427. The van der Waals surface area contributed by atoms with E-state index in [2.05, 4.69) is 33.7 Å². The number of rotatable bonds is 5. The van der Waals surface area contributed by atoms with Crippen LogP contribution in [0.5, 0.6) is 0 Å². The molecule has 0 saturated heterocycles. The first kappa shape index (κ1) is 17.0. The van der Waals surface area contributed by atoms with E-state index in [-0.39, 0.29) is 6.03 Å². The van der Waals surface area contributed by atoms with Crippen molar-refractivity contribution >= 4 is 17.4 Å². The number of urea groups is 1. The zero-order valence-corrected chi connectivity index (χ0v) is 15.3. The van der Waals surface area contributed by atoms with Gasteiger partial charge in [0.15, 0.2) is 0 Å². The van der Waals surface area contributed by atoms with Crippen LogP contribution in [-0.4, -0.2) is 51.8 Å². The van der Waals surface area contributed by atoms with Crippen molar-refractivity contribution in [1.82, 2.24) is 24.9 Å². The SMILES string of the molecule is C[C@H](CNC(=O)N(C)Cc1cnn(C)c1)N1CCc2sccc2C1. The van der Waals surface area contributed by atoms with Crippen LogP contribution in [-0.2, 0) is 26.6 Å². The molecule has 3 heterocycles. The second-order valence-electron chi connectivity index (χ2n) is 6.50. The number of carbonyl (C=O) groups is 1. The number of carbonyl (C=O) groups excluding carboxylic acids is 1. The molecule has 0 bridgehead atoms. The standard InChI is InChI=1S/C17H25N5OS/c1-13(22-6-4-16-15(12-22)5-7-24-16)8-18-17(23)20(2)10-14-9-19-21(3)11-14/h5,7,9,11,13H,4,6,8,10,12H2,1-3H3,(H,18,23)/t13-/m1/s1. The highest BCUT2D eigenvalue weighted by Crippen LogP contribution is 2.24.